The number of rotatable bonds is 7. The standard InChI is InChI=1S/C30H37F2N7O4S/c1-37-10-12-38(13-11-37)22-4-7-25(28(17-22)33-21-2-5-23(40)6-3-21)30(41)34-29-26-18-39(9-8-27(26)35-36-29)44(42,43)24-15-19(31)14-20(32)16-24/h4,7,14-17,21,23,33,40H,2-3,5-6,8-13,18H2,1H3,(H2,34,35,36,41). The number of aromatic amines is 1. The largest absolute Gasteiger partial charge is 0.393 e. The second kappa shape index (κ2) is 12.4. The lowest BCUT2D eigenvalue weighted by Gasteiger charge is -2.35. The van der Waals surface area contributed by atoms with Gasteiger partial charge in [-0.15, -0.1) is 0 Å². The average Bonchev–Trinajstić information content (AvgIpc) is 3.40. The number of sulfonamides is 1. The molecule has 1 aliphatic carbocycles. The van der Waals surface area contributed by atoms with Crippen molar-refractivity contribution in [2.45, 2.75) is 55.7 Å². The molecular weight excluding hydrogens is 592 g/mol. The molecule has 0 unspecified atom stereocenters. The van der Waals surface area contributed by atoms with Crippen LogP contribution >= 0.6 is 0 Å². The van der Waals surface area contributed by atoms with Gasteiger partial charge in [-0.2, -0.15) is 9.40 Å². The monoisotopic (exact) mass is 629 g/mol. The smallest absolute Gasteiger partial charge is 0.258 e. The maximum absolute atomic E-state index is 13.8. The van der Waals surface area contributed by atoms with Crippen LogP contribution in [0.15, 0.2) is 41.3 Å². The third-order valence-corrected chi connectivity index (χ3v) is 10.6. The van der Waals surface area contributed by atoms with Crippen molar-refractivity contribution in [1.82, 2.24) is 19.4 Å². The Labute approximate surface area is 255 Å². The number of amides is 1. The van der Waals surface area contributed by atoms with E-state index in [1.165, 1.54) is 0 Å². The first kappa shape index (κ1) is 30.4. The second-order valence-electron chi connectivity index (χ2n) is 11.8. The van der Waals surface area contributed by atoms with Crippen LogP contribution in [0.4, 0.5) is 26.0 Å². The summed E-state index contributed by atoms with van der Waals surface area (Å²) in [6.45, 7) is 3.59. The topological polar surface area (TPSA) is 134 Å². The molecule has 1 saturated heterocycles. The molecule has 3 aliphatic rings. The van der Waals surface area contributed by atoms with Crippen molar-refractivity contribution in [2.75, 3.05) is 55.3 Å². The van der Waals surface area contributed by atoms with Gasteiger partial charge in [0.1, 0.15) is 11.6 Å². The number of halogens is 2. The summed E-state index contributed by atoms with van der Waals surface area (Å²) >= 11 is 0. The molecule has 2 fully saturated rings. The molecule has 236 valence electrons. The summed E-state index contributed by atoms with van der Waals surface area (Å²) in [6, 6.07) is 8.03. The van der Waals surface area contributed by atoms with Crippen molar-refractivity contribution in [1.29, 1.82) is 0 Å². The van der Waals surface area contributed by atoms with Gasteiger partial charge in [0.15, 0.2) is 5.82 Å². The number of aromatic nitrogens is 2. The molecule has 6 rings (SSSR count). The van der Waals surface area contributed by atoms with Crippen molar-refractivity contribution in [3.05, 3.63) is 64.9 Å². The quantitative estimate of drug-likeness (QED) is 0.313. The molecule has 0 bridgehead atoms. The number of H-pyrrole nitrogens is 1. The summed E-state index contributed by atoms with van der Waals surface area (Å²) < 4.78 is 55.3. The van der Waals surface area contributed by atoms with Gasteiger partial charge in [-0.3, -0.25) is 9.89 Å². The van der Waals surface area contributed by atoms with E-state index in [4.69, 9.17) is 0 Å². The van der Waals surface area contributed by atoms with E-state index in [0.29, 0.717) is 41.4 Å². The Hall–Kier alpha value is -3.59. The summed E-state index contributed by atoms with van der Waals surface area (Å²) in [5, 5.41) is 23.6. The minimum Gasteiger partial charge on any atom is -0.393 e. The number of benzene rings is 2. The molecule has 44 heavy (non-hydrogen) atoms. The fraction of sp³-hybridized carbons (Fsp3) is 0.467. The Morgan fingerprint density at radius 2 is 1.70 bits per heavy atom. The van der Waals surface area contributed by atoms with Gasteiger partial charge in [0.2, 0.25) is 10.0 Å². The Balaban J connectivity index is 1.24. The molecular formula is C30H37F2N7O4S. The van der Waals surface area contributed by atoms with Crippen LogP contribution < -0.4 is 15.5 Å². The van der Waals surface area contributed by atoms with Gasteiger partial charge in [-0.1, -0.05) is 0 Å². The molecule has 4 N–H and O–H groups in total. The maximum Gasteiger partial charge on any atom is 0.258 e. The number of piperazine rings is 1. The van der Waals surface area contributed by atoms with Gasteiger partial charge in [0, 0.05) is 80.4 Å². The summed E-state index contributed by atoms with van der Waals surface area (Å²) in [5.41, 5.74) is 3.29. The fourth-order valence-electron chi connectivity index (χ4n) is 6.13. The highest BCUT2D eigenvalue weighted by molar-refractivity contribution is 7.89. The van der Waals surface area contributed by atoms with Gasteiger partial charge in [-0.05, 0) is 63.1 Å². The molecule has 3 aromatic rings. The highest BCUT2D eigenvalue weighted by Gasteiger charge is 2.32. The lowest BCUT2D eigenvalue weighted by Crippen LogP contribution is -2.44. The zero-order valence-electron chi connectivity index (χ0n) is 24.5. The summed E-state index contributed by atoms with van der Waals surface area (Å²) in [4.78, 5) is 17.8. The molecule has 1 aromatic heterocycles. The van der Waals surface area contributed by atoms with Crippen molar-refractivity contribution in [2.24, 2.45) is 0 Å². The van der Waals surface area contributed by atoms with E-state index >= 15 is 0 Å². The lowest BCUT2D eigenvalue weighted by atomic mass is 9.92. The molecule has 0 radical (unpaired) electrons. The van der Waals surface area contributed by atoms with Crippen LogP contribution in [0.3, 0.4) is 0 Å². The van der Waals surface area contributed by atoms with Crippen LogP contribution in [0.1, 0.15) is 47.3 Å². The van der Waals surface area contributed by atoms with Crippen LogP contribution in [-0.4, -0.2) is 90.8 Å². The van der Waals surface area contributed by atoms with Gasteiger partial charge in [0.05, 0.1) is 16.6 Å². The van der Waals surface area contributed by atoms with E-state index in [9.17, 15) is 27.1 Å². The van der Waals surface area contributed by atoms with Crippen LogP contribution in [0, 0.1) is 11.6 Å². The third-order valence-electron chi connectivity index (χ3n) is 8.78. The van der Waals surface area contributed by atoms with E-state index in [1.54, 1.807) is 6.07 Å². The molecule has 2 aromatic carbocycles. The van der Waals surface area contributed by atoms with E-state index in [-0.39, 0.29) is 37.5 Å². The number of hydrogen-bond donors (Lipinski definition) is 4. The predicted molar refractivity (Wildman–Crippen MR) is 162 cm³/mol. The van der Waals surface area contributed by atoms with Crippen molar-refractivity contribution in [3.8, 4) is 0 Å². The van der Waals surface area contributed by atoms with Crippen molar-refractivity contribution >= 4 is 33.1 Å². The average molecular weight is 630 g/mol. The van der Waals surface area contributed by atoms with Gasteiger partial charge in [0.25, 0.3) is 5.91 Å². The normalized spacial score (nSPS) is 21.6. The predicted octanol–water partition coefficient (Wildman–Crippen LogP) is 3.15. The summed E-state index contributed by atoms with van der Waals surface area (Å²) in [5.74, 6) is -2.17. The Bertz CT molecular complexity index is 1610. The number of anilines is 3. The maximum atomic E-state index is 13.8. The number of nitrogens with zero attached hydrogens (tertiary/aromatic N) is 4. The van der Waals surface area contributed by atoms with Crippen LogP contribution in [0.5, 0.6) is 0 Å². The molecule has 2 aliphatic heterocycles. The number of fused-ring (bicyclic) bond motifs is 1. The fourth-order valence-corrected chi connectivity index (χ4v) is 7.58. The van der Waals surface area contributed by atoms with Gasteiger partial charge >= 0.3 is 0 Å². The molecule has 0 atom stereocenters. The molecule has 3 heterocycles. The first-order valence-electron chi connectivity index (χ1n) is 14.9. The zero-order chi connectivity index (χ0) is 31.0. The van der Waals surface area contributed by atoms with Gasteiger partial charge < -0.3 is 25.5 Å². The Kier molecular flexibility index (Phi) is 8.59. The highest BCUT2D eigenvalue weighted by atomic mass is 32.2. The van der Waals surface area contributed by atoms with E-state index in [0.717, 1.165) is 61.1 Å². The molecule has 0 spiro atoms. The highest BCUT2D eigenvalue weighted by Crippen LogP contribution is 2.32. The number of hydrogen-bond acceptors (Lipinski definition) is 8. The number of carbonyl (C=O) groups is 1. The number of likely N-dealkylation sites (N-methyl/N-ethyl adjacent to an activating group) is 1. The molecule has 11 nitrogen and oxygen atoms in total. The minimum atomic E-state index is -4.21. The number of carbonyl (C=O) groups excluding carboxylic acids is 1. The third kappa shape index (κ3) is 6.43. The zero-order valence-corrected chi connectivity index (χ0v) is 25.3. The van der Waals surface area contributed by atoms with E-state index in [2.05, 4.69) is 37.7 Å². The number of aliphatic hydroxyl groups excluding tert-OH is 1. The van der Waals surface area contributed by atoms with E-state index < -0.39 is 32.5 Å². The number of nitrogens with one attached hydrogen (secondary N) is 3. The van der Waals surface area contributed by atoms with Crippen LogP contribution in [0.25, 0.3) is 0 Å². The SMILES string of the molecule is CN1CCN(c2ccc(C(=O)Nc3n[nH]c4c3CN(S(=O)(=O)c3cc(F)cc(F)c3)CC4)c(NC3CCC(O)CC3)c2)CC1. The summed E-state index contributed by atoms with van der Waals surface area (Å²) in [6.07, 6.45) is 2.94. The molecule has 14 heteroatoms. The minimum absolute atomic E-state index is 0.0843. The van der Waals surface area contributed by atoms with E-state index in [1.807, 2.05) is 12.1 Å². The Morgan fingerprint density at radius 3 is 2.41 bits per heavy atom. The molecule has 1 amide bonds. The van der Waals surface area contributed by atoms with Crippen molar-refractivity contribution in [3.63, 3.8) is 0 Å². The van der Waals surface area contributed by atoms with Crippen molar-refractivity contribution < 1.29 is 27.1 Å². The first-order chi connectivity index (χ1) is 21.1. The second-order valence-corrected chi connectivity index (χ2v) is 13.8. The summed E-state index contributed by atoms with van der Waals surface area (Å²) in [7, 11) is -2.11. The van der Waals surface area contributed by atoms with Gasteiger partial charge in [-0.25, -0.2) is 17.2 Å². The number of aliphatic hydroxyl groups is 1. The van der Waals surface area contributed by atoms with Crippen LogP contribution in [-0.2, 0) is 23.0 Å². The lowest BCUT2D eigenvalue weighted by molar-refractivity contribution is 0.102. The van der Waals surface area contributed by atoms with Crippen LogP contribution in [0.2, 0.25) is 0 Å². The Morgan fingerprint density at radius 1 is 1.00 bits per heavy atom. The first-order valence-corrected chi connectivity index (χ1v) is 16.4. The molecule has 1 saturated carbocycles.